The summed E-state index contributed by atoms with van der Waals surface area (Å²) in [6.07, 6.45) is 6.65. The zero-order chi connectivity index (χ0) is 16.9. The number of aryl methyl sites for hydroxylation is 1. The highest BCUT2D eigenvalue weighted by Crippen LogP contribution is 2.22. The van der Waals surface area contributed by atoms with Gasteiger partial charge in [-0.15, -0.1) is 0 Å². The van der Waals surface area contributed by atoms with Crippen LogP contribution < -0.4 is 10.1 Å². The second-order valence-electron chi connectivity index (χ2n) is 6.06. The summed E-state index contributed by atoms with van der Waals surface area (Å²) in [5.74, 6) is -0.590. The van der Waals surface area contributed by atoms with E-state index >= 15 is 0 Å². The van der Waals surface area contributed by atoms with Crippen molar-refractivity contribution in [1.29, 1.82) is 0 Å². The molecule has 0 bridgehead atoms. The van der Waals surface area contributed by atoms with Gasteiger partial charge in [-0.2, -0.15) is 0 Å². The Balaban J connectivity index is 1.50. The summed E-state index contributed by atoms with van der Waals surface area (Å²) >= 11 is 0. The number of rotatable bonds is 4. The van der Waals surface area contributed by atoms with Crippen molar-refractivity contribution in [3.8, 4) is 6.01 Å². The van der Waals surface area contributed by atoms with Crippen molar-refractivity contribution in [1.82, 2.24) is 15.3 Å². The second-order valence-corrected chi connectivity index (χ2v) is 6.06. The maximum Gasteiger partial charge on any atom is 0.316 e. The minimum absolute atomic E-state index is 0.0670. The van der Waals surface area contributed by atoms with Crippen LogP contribution in [0.15, 0.2) is 36.7 Å². The van der Waals surface area contributed by atoms with Crippen molar-refractivity contribution < 1.29 is 13.9 Å². The molecular weight excluding hydrogens is 309 g/mol. The predicted molar refractivity (Wildman–Crippen MR) is 87.3 cm³/mol. The molecule has 0 atom stereocenters. The normalized spacial score (nSPS) is 20.4. The molecule has 1 aliphatic carbocycles. The van der Waals surface area contributed by atoms with Crippen LogP contribution in [0.5, 0.6) is 6.01 Å². The molecule has 2 aromatic rings. The van der Waals surface area contributed by atoms with Crippen LogP contribution in [0.2, 0.25) is 0 Å². The fraction of sp³-hybridized carbons (Fsp3) is 0.389. The monoisotopic (exact) mass is 329 g/mol. The van der Waals surface area contributed by atoms with E-state index in [0.29, 0.717) is 17.1 Å². The molecule has 0 aliphatic heterocycles. The van der Waals surface area contributed by atoms with Gasteiger partial charge in [0.2, 0.25) is 0 Å². The van der Waals surface area contributed by atoms with Gasteiger partial charge in [0.05, 0.1) is 0 Å². The predicted octanol–water partition coefficient (Wildman–Crippen LogP) is 3.04. The summed E-state index contributed by atoms with van der Waals surface area (Å²) < 4.78 is 19.3. The van der Waals surface area contributed by atoms with E-state index in [1.807, 2.05) is 0 Å². The van der Waals surface area contributed by atoms with E-state index in [1.54, 1.807) is 37.5 Å². The topological polar surface area (TPSA) is 64.1 Å². The molecule has 126 valence electrons. The number of nitrogens with zero attached hydrogens (tertiary/aromatic N) is 2. The van der Waals surface area contributed by atoms with Crippen LogP contribution in [0.1, 0.15) is 41.6 Å². The first kappa shape index (κ1) is 16.4. The van der Waals surface area contributed by atoms with E-state index in [-0.39, 0.29) is 23.9 Å². The van der Waals surface area contributed by atoms with Crippen molar-refractivity contribution in [2.24, 2.45) is 0 Å². The van der Waals surface area contributed by atoms with E-state index in [0.717, 1.165) is 25.7 Å². The Morgan fingerprint density at radius 1 is 1.21 bits per heavy atom. The molecule has 1 aromatic heterocycles. The first-order chi connectivity index (χ1) is 11.6. The Kier molecular flexibility index (Phi) is 5.03. The van der Waals surface area contributed by atoms with Crippen molar-refractivity contribution >= 4 is 5.91 Å². The fourth-order valence-corrected chi connectivity index (χ4v) is 2.82. The molecule has 1 fully saturated rings. The standard InChI is InChI=1S/C18H20FN3O2/c1-12-3-4-13(11-16(12)19)17(23)22-14-5-7-15(8-6-14)24-18-20-9-2-10-21-18/h2-4,9-11,14-15H,5-8H2,1H3,(H,22,23). The van der Waals surface area contributed by atoms with E-state index in [9.17, 15) is 9.18 Å². The van der Waals surface area contributed by atoms with Gasteiger partial charge in [-0.1, -0.05) is 6.07 Å². The third-order valence-electron chi connectivity index (χ3n) is 4.26. The highest BCUT2D eigenvalue weighted by atomic mass is 19.1. The molecule has 5 nitrogen and oxygen atoms in total. The van der Waals surface area contributed by atoms with Crippen LogP contribution in [0.4, 0.5) is 4.39 Å². The summed E-state index contributed by atoms with van der Waals surface area (Å²) in [4.78, 5) is 20.3. The zero-order valence-electron chi connectivity index (χ0n) is 13.5. The summed E-state index contributed by atoms with van der Waals surface area (Å²) in [5, 5.41) is 2.97. The van der Waals surface area contributed by atoms with Gasteiger partial charge in [-0.3, -0.25) is 4.79 Å². The number of amides is 1. The van der Waals surface area contributed by atoms with Crippen LogP contribution in [-0.2, 0) is 0 Å². The van der Waals surface area contributed by atoms with Crippen LogP contribution in [-0.4, -0.2) is 28.0 Å². The maximum atomic E-state index is 13.6. The van der Waals surface area contributed by atoms with Gasteiger partial charge >= 0.3 is 6.01 Å². The minimum Gasteiger partial charge on any atom is -0.460 e. The average molecular weight is 329 g/mol. The van der Waals surface area contributed by atoms with Gasteiger partial charge in [-0.05, 0) is 56.4 Å². The summed E-state index contributed by atoms with van der Waals surface area (Å²) in [5.41, 5.74) is 0.890. The van der Waals surface area contributed by atoms with Gasteiger partial charge in [0, 0.05) is 24.0 Å². The molecule has 1 aromatic carbocycles. The first-order valence-corrected chi connectivity index (χ1v) is 8.12. The number of ether oxygens (including phenoxy) is 1. The Morgan fingerprint density at radius 3 is 2.58 bits per heavy atom. The summed E-state index contributed by atoms with van der Waals surface area (Å²) in [7, 11) is 0. The van der Waals surface area contributed by atoms with E-state index in [1.165, 1.54) is 6.07 Å². The van der Waals surface area contributed by atoms with E-state index in [2.05, 4.69) is 15.3 Å². The summed E-state index contributed by atoms with van der Waals surface area (Å²) in [6, 6.07) is 6.77. The lowest BCUT2D eigenvalue weighted by Crippen LogP contribution is -2.39. The van der Waals surface area contributed by atoms with Gasteiger partial charge in [0.25, 0.3) is 5.91 Å². The Morgan fingerprint density at radius 2 is 1.92 bits per heavy atom. The van der Waals surface area contributed by atoms with Crippen LogP contribution in [0.25, 0.3) is 0 Å². The SMILES string of the molecule is Cc1ccc(C(=O)NC2CCC(Oc3ncccn3)CC2)cc1F. The summed E-state index contributed by atoms with van der Waals surface area (Å²) in [6.45, 7) is 1.68. The van der Waals surface area contributed by atoms with Crippen molar-refractivity contribution in [2.75, 3.05) is 0 Å². The molecule has 1 heterocycles. The molecule has 24 heavy (non-hydrogen) atoms. The maximum absolute atomic E-state index is 13.6. The second kappa shape index (κ2) is 7.38. The van der Waals surface area contributed by atoms with Crippen molar-refractivity contribution in [3.63, 3.8) is 0 Å². The number of hydrogen-bond donors (Lipinski definition) is 1. The molecule has 1 amide bonds. The number of hydrogen-bond acceptors (Lipinski definition) is 4. The van der Waals surface area contributed by atoms with Gasteiger partial charge in [-0.25, -0.2) is 14.4 Å². The van der Waals surface area contributed by atoms with Crippen LogP contribution in [0.3, 0.4) is 0 Å². The van der Waals surface area contributed by atoms with Crippen LogP contribution >= 0.6 is 0 Å². The van der Waals surface area contributed by atoms with Gasteiger partial charge in [0.15, 0.2) is 0 Å². The average Bonchev–Trinajstić information content (AvgIpc) is 2.60. The third kappa shape index (κ3) is 4.07. The Labute approximate surface area is 140 Å². The van der Waals surface area contributed by atoms with Crippen molar-refractivity contribution in [2.45, 2.75) is 44.8 Å². The number of benzene rings is 1. The largest absolute Gasteiger partial charge is 0.460 e. The smallest absolute Gasteiger partial charge is 0.316 e. The number of carbonyl (C=O) groups is 1. The molecule has 0 radical (unpaired) electrons. The van der Waals surface area contributed by atoms with Gasteiger partial charge in [0.1, 0.15) is 11.9 Å². The molecule has 1 N–H and O–H groups in total. The molecule has 3 rings (SSSR count). The molecule has 0 spiro atoms. The number of carbonyl (C=O) groups excluding carboxylic acids is 1. The fourth-order valence-electron chi connectivity index (χ4n) is 2.82. The highest BCUT2D eigenvalue weighted by Gasteiger charge is 2.24. The third-order valence-corrected chi connectivity index (χ3v) is 4.26. The zero-order valence-corrected chi connectivity index (χ0v) is 13.5. The number of nitrogens with one attached hydrogen (secondary N) is 1. The van der Waals surface area contributed by atoms with Crippen LogP contribution in [0, 0.1) is 12.7 Å². The number of halogens is 1. The highest BCUT2D eigenvalue weighted by molar-refractivity contribution is 5.94. The minimum atomic E-state index is -0.359. The first-order valence-electron chi connectivity index (χ1n) is 8.12. The quantitative estimate of drug-likeness (QED) is 0.936. The Bertz CT molecular complexity index is 701. The Hall–Kier alpha value is -2.50. The molecule has 6 heteroatoms. The lowest BCUT2D eigenvalue weighted by Gasteiger charge is -2.28. The molecule has 1 aliphatic rings. The molecule has 0 unspecified atom stereocenters. The van der Waals surface area contributed by atoms with Gasteiger partial charge < -0.3 is 10.1 Å². The molecule has 0 saturated heterocycles. The van der Waals surface area contributed by atoms with E-state index in [4.69, 9.17) is 4.74 Å². The molecule has 1 saturated carbocycles. The van der Waals surface area contributed by atoms with Crippen molar-refractivity contribution in [3.05, 3.63) is 53.6 Å². The lowest BCUT2D eigenvalue weighted by atomic mass is 9.92. The lowest BCUT2D eigenvalue weighted by molar-refractivity contribution is 0.0884. The van der Waals surface area contributed by atoms with E-state index < -0.39 is 0 Å². The molecular formula is C18H20FN3O2. The number of aromatic nitrogens is 2.